The molecule has 1 aromatic rings. The van der Waals surface area contributed by atoms with Gasteiger partial charge < -0.3 is 21.7 Å². The highest BCUT2D eigenvalue weighted by atomic mass is 35.5. The number of halogens is 1. The second-order valence-corrected chi connectivity index (χ2v) is 6.91. The van der Waals surface area contributed by atoms with Crippen molar-refractivity contribution in [2.75, 3.05) is 19.6 Å². The number of hydrogen-bond acceptors (Lipinski definition) is 4. The van der Waals surface area contributed by atoms with Crippen molar-refractivity contribution in [1.29, 1.82) is 0 Å². The van der Waals surface area contributed by atoms with E-state index >= 15 is 0 Å². The Morgan fingerprint density at radius 2 is 1.93 bits per heavy atom. The fourth-order valence-electron chi connectivity index (χ4n) is 3.14. The molecule has 0 aliphatic carbocycles. The highest BCUT2D eigenvalue weighted by Gasteiger charge is 2.21. The van der Waals surface area contributed by atoms with E-state index in [1.807, 2.05) is 0 Å². The van der Waals surface area contributed by atoms with Gasteiger partial charge in [-0.1, -0.05) is 19.1 Å². The van der Waals surface area contributed by atoms with Crippen molar-refractivity contribution in [3.05, 3.63) is 35.4 Å². The van der Waals surface area contributed by atoms with Gasteiger partial charge in [-0.2, -0.15) is 0 Å². The van der Waals surface area contributed by atoms with Crippen molar-refractivity contribution in [3.8, 4) is 0 Å². The summed E-state index contributed by atoms with van der Waals surface area (Å²) in [5.41, 5.74) is 6.35. The summed E-state index contributed by atoms with van der Waals surface area (Å²) in [5, 5.41) is 8.76. The van der Waals surface area contributed by atoms with Crippen LogP contribution in [0.15, 0.2) is 24.3 Å². The van der Waals surface area contributed by atoms with Gasteiger partial charge in [0.25, 0.3) is 5.91 Å². The van der Waals surface area contributed by atoms with Crippen LogP contribution in [-0.2, 0) is 16.1 Å². The van der Waals surface area contributed by atoms with Crippen LogP contribution in [0, 0.1) is 11.8 Å². The number of nitrogens with two attached hydrogens (primary N) is 1. The first-order valence-electron chi connectivity index (χ1n) is 9.08. The van der Waals surface area contributed by atoms with Crippen molar-refractivity contribution in [2.24, 2.45) is 17.6 Å². The molecule has 5 N–H and O–H groups in total. The highest BCUT2D eigenvalue weighted by molar-refractivity contribution is 5.96. The first kappa shape index (κ1) is 22.9. The first-order valence-corrected chi connectivity index (χ1v) is 9.08. The third-order valence-corrected chi connectivity index (χ3v) is 4.78. The summed E-state index contributed by atoms with van der Waals surface area (Å²) in [5.74, 6) is 0.0309. The topological polar surface area (TPSA) is 113 Å². The molecular weight excluding hydrogens is 368 g/mol. The predicted octanol–water partition coefficient (Wildman–Crippen LogP) is 0.966. The highest BCUT2D eigenvalue weighted by Crippen LogP contribution is 2.22. The van der Waals surface area contributed by atoms with Gasteiger partial charge in [-0.15, -0.1) is 12.4 Å². The molecule has 1 fully saturated rings. The van der Waals surface area contributed by atoms with Gasteiger partial charge in [0.15, 0.2) is 0 Å². The van der Waals surface area contributed by atoms with Crippen LogP contribution in [0.1, 0.15) is 42.1 Å². The lowest BCUT2D eigenvalue weighted by Gasteiger charge is -2.28. The van der Waals surface area contributed by atoms with Crippen LogP contribution >= 0.6 is 12.4 Å². The van der Waals surface area contributed by atoms with Crippen LogP contribution in [-0.4, -0.2) is 37.4 Å². The van der Waals surface area contributed by atoms with Crippen molar-refractivity contribution in [1.82, 2.24) is 16.0 Å². The second-order valence-electron chi connectivity index (χ2n) is 6.91. The number of amides is 3. The molecule has 8 heteroatoms. The maximum Gasteiger partial charge on any atom is 0.251 e. The molecule has 1 heterocycles. The van der Waals surface area contributed by atoms with Gasteiger partial charge in [0, 0.05) is 18.5 Å². The minimum atomic E-state index is -0.587. The molecule has 0 radical (unpaired) electrons. The zero-order valence-electron chi connectivity index (χ0n) is 15.6. The van der Waals surface area contributed by atoms with Crippen molar-refractivity contribution in [2.45, 2.75) is 32.7 Å². The van der Waals surface area contributed by atoms with Crippen molar-refractivity contribution in [3.63, 3.8) is 0 Å². The van der Waals surface area contributed by atoms with E-state index in [-0.39, 0.29) is 30.8 Å². The van der Waals surface area contributed by atoms with E-state index in [1.54, 1.807) is 24.3 Å². The third-order valence-electron chi connectivity index (χ3n) is 4.78. The van der Waals surface area contributed by atoms with Crippen LogP contribution in [0.3, 0.4) is 0 Å². The number of hydrogen-bond donors (Lipinski definition) is 4. The summed E-state index contributed by atoms with van der Waals surface area (Å²) in [4.78, 5) is 34.6. The Bertz CT molecular complexity index is 630. The molecule has 0 aromatic heterocycles. The monoisotopic (exact) mass is 396 g/mol. The maximum atomic E-state index is 12.2. The number of piperidine rings is 1. The summed E-state index contributed by atoms with van der Waals surface area (Å²) in [6, 6.07) is 6.89. The molecule has 1 aromatic carbocycles. The number of nitrogens with one attached hydrogen (secondary N) is 3. The standard InChI is InChI=1S/C19H28N4O3.ClH/c1-13(16-3-2-8-21-11-16)9-18(25)22-10-14-4-6-15(7-5-14)19(26)23-12-17(20)24;/h4-7,13,16,21H,2-3,8-12H2,1H3,(H2,20,24)(H,22,25)(H,23,26);1H. The molecule has 0 bridgehead atoms. The Morgan fingerprint density at radius 3 is 2.52 bits per heavy atom. The van der Waals surface area contributed by atoms with E-state index in [0.717, 1.165) is 18.7 Å². The van der Waals surface area contributed by atoms with E-state index < -0.39 is 5.91 Å². The molecule has 2 unspecified atom stereocenters. The first-order chi connectivity index (χ1) is 12.5. The number of primary amides is 1. The Kier molecular flexibility index (Phi) is 9.82. The summed E-state index contributed by atoms with van der Waals surface area (Å²) in [7, 11) is 0. The fraction of sp³-hybridized carbons (Fsp3) is 0.526. The van der Waals surface area contributed by atoms with Gasteiger partial charge in [0.2, 0.25) is 11.8 Å². The minimum absolute atomic E-state index is 0. The lowest BCUT2D eigenvalue weighted by molar-refractivity contribution is -0.122. The molecule has 0 spiro atoms. The van der Waals surface area contributed by atoms with Gasteiger partial charge in [-0.3, -0.25) is 14.4 Å². The number of carbonyl (C=O) groups is 3. The normalized spacial score (nSPS) is 17.3. The quantitative estimate of drug-likeness (QED) is 0.524. The smallest absolute Gasteiger partial charge is 0.251 e. The average Bonchev–Trinajstić information content (AvgIpc) is 2.65. The Labute approximate surface area is 166 Å². The largest absolute Gasteiger partial charge is 0.368 e. The molecule has 27 heavy (non-hydrogen) atoms. The summed E-state index contributed by atoms with van der Waals surface area (Å²) >= 11 is 0. The Hall–Kier alpha value is -2.12. The van der Waals surface area contributed by atoms with Gasteiger partial charge in [0.1, 0.15) is 0 Å². The van der Waals surface area contributed by atoms with E-state index in [0.29, 0.717) is 30.4 Å². The van der Waals surface area contributed by atoms with Crippen LogP contribution < -0.4 is 21.7 Å². The third kappa shape index (κ3) is 7.97. The van der Waals surface area contributed by atoms with Gasteiger partial charge in [-0.05, 0) is 55.5 Å². The minimum Gasteiger partial charge on any atom is -0.368 e. The summed E-state index contributed by atoms with van der Waals surface area (Å²) < 4.78 is 0. The van der Waals surface area contributed by atoms with E-state index in [4.69, 9.17) is 5.73 Å². The average molecular weight is 397 g/mol. The van der Waals surface area contributed by atoms with Crippen LogP contribution in [0.5, 0.6) is 0 Å². The molecule has 150 valence electrons. The predicted molar refractivity (Wildman–Crippen MR) is 106 cm³/mol. The SMILES string of the molecule is CC(CC(=O)NCc1ccc(C(=O)NCC(N)=O)cc1)C1CCCNC1.Cl. The molecule has 1 saturated heterocycles. The van der Waals surface area contributed by atoms with Crippen LogP contribution in [0.4, 0.5) is 0 Å². The fourth-order valence-corrected chi connectivity index (χ4v) is 3.14. The lowest BCUT2D eigenvalue weighted by atomic mass is 9.85. The lowest BCUT2D eigenvalue weighted by Crippen LogP contribution is -2.35. The van der Waals surface area contributed by atoms with E-state index in [9.17, 15) is 14.4 Å². The number of carbonyl (C=O) groups excluding carboxylic acids is 3. The maximum absolute atomic E-state index is 12.2. The second kappa shape index (κ2) is 11.6. The molecule has 7 nitrogen and oxygen atoms in total. The summed E-state index contributed by atoms with van der Waals surface area (Å²) in [6.45, 7) is 4.44. The molecule has 2 rings (SSSR count). The molecule has 3 amide bonds. The molecular formula is C19H29ClN4O3. The Balaban J connectivity index is 0.00000364. The van der Waals surface area contributed by atoms with Gasteiger partial charge in [-0.25, -0.2) is 0 Å². The number of rotatable bonds is 8. The molecule has 1 aliphatic heterocycles. The zero-order chi connectivity index (χ0) is 18.9. The Morgan fingerprint density at radius 1 is 1.22 bits per heavy atom. The molecule has 1 aliphatic rings. The number of benzene rings is 1. The summed E-state index contributed by atoms with van der Waals surface area (Å²) in [6.07, 6.45) is 2.89. The molecule has 0 saturated carbocycles. The van der Waals surface area contributed by atoms with E-state index in [2.05, 4.69) is 22.9 Å². The molecule has 2 atom stereocenters. The van der Waals surface area contributed by atoms with Crippen molar-refractivity contribution >= 4 is 30.1 Å². The van der Waals surface area contributed by atoms with Gasteiger partial charge in [0.05, 0.1) is 6.54 Å². The van der Waals surface area contributed by atoms with Crippen LogP contribution in [0.2, 0.25) is 0 Å². The van der Waals surface area contributed by atoms with Gasteiger partial charge >= 0.3 is 0 Å². The van der Waals surface area contributed by atoms with Crippen LogP contribution in [0.25, 0.3) is 0 Å². The van der Waals surface area contributed by atoms with Crippen molar-refractivity contribution < 1.29 is 14.4 Å². The zero-order valence-corrected chi connectivity index (χ0v) is 16.4. The van der Waals surface area contributed by atoms with E-state index in [1.165, 1.54) is 12.8 Å².